The van der Waals surface area contributed by atoms with Gasteiger partial charge in [-0.05, 0) is 32.7 Å². The molecule has 13 heavy (non-hydrogen) atoms. The molecule has 76 valence electrons. The SMILES string of the molecule is C=C(C)CN(C)C1CCCC(C)C1. The van der Waals surface area contributed by atoms with Crippen molar-refractivity contribution in [2.24, 2.45) is 5.92 Å². The predicted molar refractivity (Wildman–Crippen MR) is 58.9 cm³/mol. The summed E-state index contributed by atoms with van der Waals surface area (Å²) in [5.74, 6) is 0.923. The van der Waals surface area contributed by atoms with Crippen LogP contribution in [0.3, 0.4) is 0 Å². The molecule has 0 aromatic rings. The van der Waals surface area contributed by atoms with E-state index >= 15 is 0 Å². The fourth-order valence-electron chi connectivity index (χ4n) is 2.36. The second kappa shape index (κ2) is 4.80. The third-order valence-corrected chi connectivity index (χ3v) is 3.05. The van der Waals surface area contributed by atoms with Gasteiger partial charge in [0.1, 0.15) is 0 Å². The summed E-state index contributed by atoms with van der Waals surface area (Å²) in [7, 11) is 2.23. The predicted octanol–water partition coefficient (Wildman–Crippen LogP) is 3.07. The quantitative estimate of drug-likeness (QED) is 0.605. The average Bonchev–Trinajstić information content (AvgIpc) is 2.03. The van der Waals surface area contributed by atoms with Crippen LogP contribution in [0.25, 0.3) is 0 Å². The molecule has 2 unspecified atom stereocenters. The Morgan fingerprint density at radius 2 is 2.15 bits per heavy atom. The molecule has 1 nitrogen and oxygen atoms in total. The molecule has 1 fully saturated rings. The maximum Gasteiger partial charge on any atom is 0.0187 e. The summed E-state index contributed by atoms with van der Waals surface area (Å²) in [6, 6.07) is 0.806. The van der Waals surface area contributed by atoms with E-state index in [1.165, 1.54) is 31.3 Å². The Hall–Kier alpha value is -0.300. The lowest BCUT2D eigenvalue weighted by atomic mass is 9.86. The van der Waals surface area contributed by atoms with Crippen molar-refractivity contribution in [3.63, 3.8) is 0 Å². The van der Waals surface area contributed by atoms with Crippen LogP contribution in [0.5, 0.6) is 0 Å². The summed E-state index contributed by atoms with van der Waals surface area (Å²) in [5, 5.41) is 0. The van der Waals surface area contributed by atoms with Gasteiger partial charge in [-0.1, -0.05) is 31.9 Å². The average molecular weight is 181 g/mol. The van der Waals surface area contributed by atoms with Crippen LogP contribution < -0.4 is 0 Å². The Morgan fingerprint density at radius 1 is 1.46 bits per heavy atom. The van der Waals surface area contributed by atoms with E-state index in [0.29, 0.717) is 0 Å². The van der Waals surface area contributed by atoms with E-state index in [1.54, 1.807) is 0 Å². The van der Waals surface area contributed by atoms with E-state index < -0.39 is 0 Å². The standard InChI is InChI=1S/C12H23N/c1-10(2)9-13(4)12-7-5-6-11(3)8-12/h11-12H,1,5-9H2,2-4H3. The lowest BCUT2D eigenvalue weighted by Crippen LogP contribution is -2.36. The zero-order valence-electron chi connectivity index (χ0n) is 9.34. The Balaban J connectivity index is 2.36. The van der Waals surface area contributed by atoms with Crippen molar-refractivity contribution in [2.75, 3.05) is 13.6 Å². The summed E-state index contributed by atoms with van der Waals surface area (Å²) in [6.45, 7) is 9.52. The van der Waals surface area contributed by atoms with E-state index in [0.717, 1.165) is 18.5 Å². The minimum atomic E-state index is 0.806. The van der Waals surface area contributed by atoms with Gasteiger partial charge < -0.3 is 0 Å². The number of rotatable bonds is 3. The van der Waals surface area contributed by atoms with Gasteiger partial charge >= 0.3 is 0 Å². The van der Waals surface area contributed by atoms with Crippen molar-refractivity contribution in [3.8, 4) is 0 Å². The summed E-state index contributed by atoms with van der Waals surface area (Å²) < 4.78 is 0. The molecule has 0 amide bonds. The number of likely N-dealkylation sites (N-methyl/N-ethyl adjacent to an activating group) is 1. The highest BCUT2D eigenvalue weighted by Gasteiger charge is 2.21. The van der Waals surface area contributed by atoms with Crippen LogP contribution in [-0.2, 0) is 0 Å². The van der Waals surface area contributed by atoms with Gasteiger partial charge in [-0.25, -0.2) is 0 Å². The summed E-state index contributed by atoms with van der Waals surface area (Å²) >= 11 is 0. The number of nitrogens with zero attached hydrogens (tertiary/aromatic N) is 1. The summed E-state index contributed by atoms with van der Waals surface area (Å²) in [6.07, 6.45) is 5.60. The van der Waals surface area contributed by atoms with Crippen LogP contribution in [0.4, 0.5) is 0 Å². The minimum absolute atomic E-state index is 0.806. The third kappa shape index (κ3) is 3.51. The highest BCUT2D eigenvalue weighted by atomic mass is 15.1. The van der Waals surface area contributed by atoms with E-state index in [1.807, 2.05) is 0 Å². The van der Waals surface area contributed by atoms with Crippen molar-refractivity contribution in [1.29, 1.82) is 0 Å². The van der Waals surface area contributed by atoms with Crippen molar-refractivity contribution in [3.05, 3.63) is 12.2 Å². The van der Waals surface area contributed by atoms with E-state index in [2.05, 4.69) is 32.4 Å². The van der Waals surface area contributed by atoms with Crippen LogP contribution in [0, 0.1) is 5.92 Å². The van der Waals surface area contributed by atoms with E-state index in [9.17, 15) is 0 Å². The Labute approximate surface area is 82.8 Å². The van der Waals surface area contributed by atoms with Gasteiger partial charge in [0, 0.05) is 12.6 Å². The van der Waals surface area contributed by atoms with E-state index in [-0.39, 0.29) is 0 Å². The van der Waals surface area contributed by atoms with Crippen LogP contribution in [0.1, 0.15) is 39.5 Å². The van der Waals surface area contributed by atoms with Crippen LogP contribution in [-0.4, -0.2) is 24.5 Å². The van der Waals surface area contributed by atoms with Gasteiger partial charge in [0.2, 0.25) is 0 Å². The summed E-state index contributed by atoms with van der Waals surface area (Å²) in [5.41, 5.74) is 1.28. The maximum atomic E-state index is 3.97. The number of hydrogen-bond acceptors (Lipinski definition) is 1. The van der Waals surface area contributed by atoms with Gasteiger partial charge in [0.15, 0.2) is 0 Å². The maximum absolute atomic E-state index is 3.97. The fraction of sp³-hybridized carbons (Fsp3) is 0.833. The molecule has 1 heteroatoms. The molecule has 0 bridgehead atoms. The van der Waals surface area contributed by atoms with Gasteiger partial charge in [-0.15, -0.1) is 0 Å². The Kier molecular flexibility index (Phi) is 3.98. The van der Waals surface area contributed by atoms with Crippen molar-refractivity contribution in [2.45, 2.75) is 45.6 Å². The van der Waals surface area contributed by atoms with Crippen LogP contribution in [0.15, 0.2) is 12.2 Å². The van der Waals surface area contributed by atoms with Gasteiger partial charge in [-0.2, -0.15) is 0 Å². The molecule has 1 rings (SSSR count). The lowest BCUT2D eigenvalue weighted by Gasteiger charge is -2.34. The van der Waals surface area contributed by atoms with Crippen LogP contribution >= 0.6 is 0 Å². The molecule has 0 saturated heterocycles. The fourth-order valence-corrected chi connectivity index (χ4v) is 2.36. The van der Waals surface area contributed by atoms with Gasteiger partial charge in [0.25, 0.3) is 0 Å². The third-order valence-electron chi connectivity index (χ3n) is 3.05. The normalized spacial score (nSPS) is 29.2. The molecule has 0 aromatic heterocycles. The molecular weight excluding hydrogens is 158 g/mol. The first kappa shape index (κ1) is 10.8. The largest absolute Gasteiger partial charge is 0.300 e. The highest BCUT2D eigenvalue weighted by molar-refractivity contribution is 4.93. The Bertz CT molecular complexity index is 174. The van der Waals surface area contributed by atoms with Gasteiger partial charge in [-0.3, -0.25) is 4.90 Å². The second-order valence-electron chi connectivity index (χ2n) is 4.80. The zero-order valence-corrected chi connectivity index (χ0v) is 9.34. The molecule has 0 N–H and O–H groups in total. The lowest BCUT2D eigenvalue weighted by molar-refractivity contribution is 0.175. The first-order valence-corrected chi connectivity index (χ1v) is 5.44. The van der Waals surface area contributed by atoms with Crippen molar-refractivity contribution >= 4 is 0 Å². The zero-order chi connectivity index (χ0) is 9.84. The highest BCUT2D eigenvalue weighted by Crippen LogP contribution is 2.26. The van der Waals surface area contributed by atoms with Crippen LogP contribution in [0.2, 0.25) is 0 Å². The molecule has 1 aliphatic carbocycles. The Morgan fingerprint density at radius 3 is 2.69 bits per heavy atom. The second-order valence-corrected chi connectivity index (χ2v) is 4.80. The molecule has 0 spiro atoms. The molecule has 2 atom stereocenters. The molecule has 0 aliphatic heterocycles. The first-order chi connectivity index (χ1) is 6.09. The molecule has 0 radical (unpaired) electrons. The van der Waals surface area contributed by atoms with Crippen molar-refractivity contribution in [1.82, 2.24) is 4.90 Å². The molecule has 0 aromatic carbocycles. The minimum Gasteiger partial charge on any atom is -0.300 e. The smallest absolute Gasteiger partial charge is 0.0187 e. The topological polar surface area (TPSA) is 3.24 Å². The monoisotopic (exact) mass is 181 g/mol. The molecule has 1 saturated carbocycles. The molecule has 1 aliphatic rings. The first-order valence-electron chi connectivity index (χ1n) is 5.44. The van der Waals surface area contributed by atoms with E-state index in [4.69, 9.17) is 0 Å². The van der Waals surface area contributed by atoms with Crippen molar-refractivity contribution < 1.29 is 0 Å². The number of hydrogen-bond donors (Lipinski definition) is 0. The summed E-state index contributed by atoms with van der Waals surface area (Å²) in [4.78, 5) is 2.47. The van der Waals surface area contributed by atoms with Gasteiger partial charge in [0.05, 0.1) is 0 Å². The molecular formula is C12H23N. The molecule has 0 heterocycles.